The van der Waals surface area contributed by atoms with Crippen molar-refractivity contribution in [3.8, 4) is 0 Å². The zero-order chi connectivity index (χ0) is 19.2. The molecule has 0 aromatic heterocycles. The van der Waals surface area contributed by atoms with Crippen LogP contribution in [0.1, 0.15) is 5.56 Å². The Hall–Kier alpha value is -3.03. The minimum atomic E-state index is -0.151. The van der Waals surface area contributed by atoms with Gasteiger partial charge in [-0.15, -0.1) is 0 Å². The molecule has 0 bridgehead atoms. The molecule has 138 valence electrons. The van der Waals surface area contributed by atoms with E-state index in [1.165, 1.54) is 16.8 Å². The number of hydrazine groups is 1. The number of hydrogen-bond donors (Lipinski definition) is 3. The lowest BCUT2D eigenvalue weighted by Gasteiger charge is -2.21. The van der Waals surface area contributed by atoms with Gasteiger partial charge in [0.05, 0.1) is 11.4 Å². The van der Waals surface area contributed by atoms with Crippen molar-refractivity contribution >= 4 is 45.0 Å². The third-order valence-corrected chi connectivity index (χ3v) is 5.06. The molecule has 3 aromatic carbocycles. The van der Waals surface area contributed by atoms with Crippen molar-refractivity contribution in [1.82, 2.24) is 0 Å². The number of thioether (sulfide) groups is 1. The molecule has 0 unspecified atom stereocenters. The highest BCUT2D eigenvalue weighted by atomic mass is 32.2. The fourth-order valence-electron chi connectivity index (χ4n) is 2.72. The first-order valence-electron chi connectivity index (χ1n) is 8.39. The van der Waals surface area contributed by atoms with Gasteiger partial charge in [-0.1, -0.05) is 66.4 Å². The van der Waals surface area contributed by atoms with Gasteiger partial charge in [-0.2, -0.15) is 5.10 Å². The van der Waals surface area contributed by atoms with Crippen LogP contribution in [-0.2, 0) is 4.79 Å². The first-order chi connectivity index (χ1) is 13.1. The summed E-state index contributed by atoms with van der Waals surface area (Å²) in [4.78, 5) is 12.3. The number of nitrogens with zero attached hydrogens (tertiary/aromatic N) is 2. The predicted octanol–water partition coefficient (Wildman–Crippen LogP) is 3.43. The first-order valence-corrected chi connectivity index (χ1v) is 9.37. The quantitative estimate of drug-likeness (QED) is 0.279. The van der Waals surface area contributed by atoms with Gasteiger partial charge in [-0.3, -0.25) is 9.80 Å². The number of para-hydroxylation sites is 1. The molecule has 0 heterocycles. The maximum Gasteiger partial charge on any atom is 0.234 e. The summed E-state index contributed by atoms with van der Waals surface area (Å²) in [5.41, 5.74) is 2.55. The maximum absolute atomic E-state index is 12.3. The monoisotopic (exact) mass is 379 g/mol. The van der Waals surface area contributed by atoms with Gasteiger partial charge in [0, 0.05) is 11.1 Å². The number of carbonyl (C=O) groups excluding carboxylic acids is 1. The van der Waals surface area contributed by atoms with E-state index in [9.17, 15) is 4.79 Å². The molecule has 3 rings (SSSR count). The molecule has 0 aliphatic carbocycles. The van der Waals surface area contributed by atoms with Crippen LogP contribution in [0.5, 0.6) is 0 Å². The van der Waals surface area contributed by atoms with E-state index in [4.69, 9.17) is 11.7 Å². The Morgan fingerprint density at radius 3 is 2.56 bits per heavy atom. The van der Waals surface area contributed by atoms with Gasteiger partial charge in [-0.25, -0.2) is 5.84 Å². The van der Waals surface area contributed by atoms with Gasteiger partial charge in [0.1, 0.15) is 0 Å². The van der Waals surface area contributed by atoms with Crippen molar-refractivity contribution in [3.63, 3.8) is 0 Å². The number of nitrogens with one attached hydrogen (secondary N) is 1. The van der Waals surface area contributed by atoms with E-state index in [-0.39, 0.29) is 11.7 Å². The summed E-state index contributed by atoms with van der Waals surface area (Å²) in [5.74, 6) is 11.8. The summed E-state index contributed by atoms with van der Waals surface area (Å²) < 4.78 is 0. The van der Waals surface area contributed by atoms with Crippen LogP contribution in [0.3, 0.4) is 0 Å². The maximum atomic E-state index is 12.3. The van der Waals surface area contributed by atoms with Crippen molar-refractivity contribution in [2.75, 3.05) is 16.1 Å². The Morgan fingerprint density at radius 1 is 1.07 bits per heavy atom. The Kier molecular flexibility index (Phi) is 5.95. The highest BCUT2D eigenvalue weighted by Crippen LogP contribution is 2.27. The minimum absolute atomic E-state index is 0.142. The topological polar surface area (TPSA) is 96.7 Å². The van der Waals surface area contributed by atoms with Crippen molar-refractivity contribution in [1.29, 1.82) is 0 Å². The zero-order valence-electron chi connectivity index (χ0n) is 14.9. The van der Waals surface area contributed by atoms with Crippen LogP contribution in [0, 0.1) is 6.92 Å². The molecule has 0 aliphatic heterocycles. The molecule has 0 fully saturated rings. The van der Waals surface area contributed by atoms with Crippen LogP contribution in [-0.4, -0.2) is 16.8 Å². The van der Waals surface area contributed by atoms with Gasteiger partial charge >= 0.3 is 0 Å². The highest BCUT2D eigenvalue weighted by molar-refractivity contribution is 8.14. The number of fused-ring (bicyclic) bond motifs is 1. The number of aryl methyl sites for hydroxylation is 1. The zero-order valence-corrected chi connectivity index (χ0v) is 15.7. The van der Waals surface area contributed by atoms with Crippen molar-refractivity contribution in [2.24, 2.45) is 16.8 Å². The number of hydrazone groups is 1. The molecular formula is C20H21N5OS. The van der Waals surface area contributed by atoms with Crippen LogP contribution in [0.15, 0.2) is 71.8 Å². The molecule has 6 nitrogen and oxygen atoms in total. The Bertz CT molecular complexity index is 984. The second-order valence-corrected chi connectivity index (χ2v) is 6.87. The van der Waals surface area contributed by atoms with E-state index in [0.29, 0.717) is 5.17 Å². The third kappa shape index (κ3) is 4.39. The SMILES string of the molecule is Cc1ccccc1NC(=O)CS/C(=N/N)N(N)c1cccc2ccccc12. The summed E-state index contributed by atoms with van der Waals surface area (Å²) in [6.45, 7) is 1.94. The van der Waals surface area contributed by atoms with Crippen LogP contribution < -0.4 is 22.0 Å². The van der Waals surface area contributed by atoms with Crippen LogP contribution in [0.2, 0.25) is 0 Å². The van der Waals surface area contributed by atoms with E-state index in [1.807, 2.05) is 73.7 Å². The molecule has 1 amide bonds. The Morgan fingerprint density at radius 2 is 1.78 bits per heavy atom. The fraction of sp³-hybridized carbons (Fsp3) is 0.100. The summed E-state index contributed by atoms with van der Waals surface area (Å²) in [6, 6.07) is 21.3. The fourth-order valence-corrected chi connectivity index (χ4v) is 3.36. The van der Waals surface area contributed by atoms with Crippen molar-refractivity contribution < 1.29 is 4.79 Å². The third-order valence-electron chi connectivity index (χ3n) is 4.09. The van der Waals surface area contributed by atoms with Gasteiger partial charge in [0.25, 0.3) is 0 Å². The average molecular weight is 379 g/mol. The predicted molar refractivity (Wildman–Crippen MR) is 115 cm³/mol. The van der Waals surface area contributed by atoms with Crippen LogP contribution >= 0.6 is 11.8 Å². The van der Waals surface area contributed by atoms with E-state index in [2.05, 4.69) is 10.4 Å². The largest absolute Gasteiger partial charge is 0.325 e. The number of amidine groups is 1. The number of amides is 1. The van der Waals surface area contributed by atoms with Gasteiger partial charge in [-0.05, 0) is 30.0 Å². The smallest absolute Gasteiger partial charge is 0.234 e. The number of benzene rings is 3. The molecule has 5 N–H and O–H groups in total. The molecule has 7 heteroatoms. The summed E-state index contributed by atoms with van der Waals surface area (Å²) >= 11 is 1.18. The average Bonchev–Trinajstić information content (AvgIpc) is 2.69. The van der Waals surface area contributed by atoms with Gasteiger partial charge in [0.15, 0.2) is 0 Å². The van der Waals surface area contributed by atoms with Crippen molar-refractivity contribution in [2.45, 2.75) is 6.92 Å². The lowest BCUT2D eigenvalue weighted by molar-refractivity contribution is -0.113. The van der Waals surface area contributed by atoms with E-state index >= 15 is 0 Å². The van der Waals surface area contributed by atoms with E-state index < -0.39 is 0 Å². The molecule has 27 heavy (non-hydrogen) atoms. The number of anilines is 2. The molecule has 0 saturated carbocycles. The van der Waals surface area contributed by atoms with Gasteiger partial charge < -0.3 is 11.2 Å². The number of carbonyl (C=O) groups is 1. The summed E-state index contributed by atoms with van der Waals surface area (Å²) in [6.07, 6.45) is 0. The molecule has 0 atom stereocenters. The summed E-state index contributed by atoms with van der Waals surface area (Å²) in [7, 11) is 0. The molecule has 3 aromatic rings. The van der Waals surface area contributed by atoms with E-state index in [1.54, 1.807) is 0 Å². The normalized spacial score (nSPS) is 11.4. The number of hydrogen-bond acceptors (Lipinski definition) is 5. The standard InChI is InChI=1S/C20H21N5OS/c1-14-7-2-5-11-17(14)23-19(26)13-27-20(24-21)25(22)18-12-6-9-15-8-3-4-10-16(15)18/h2-12H,13,21-22H2,1H3,(H,23,26)/b24-20+. The molecular weight excluding hydrogens is 358 g/mol. The van der Waals surface area contributed by atoms with Crippen molar-refractivity contribution in [3.05, 3.63) is 72.3 Å². The summed E-state index contributed by atoms with van der Waals surface area (Å²) in [5, 5.41) is 10.5. The van der Waals surface area contributed by atoms with Crippen LogP contribution in [0.25, 0.3) is 10.8 Å². The lowest BCUT2D eigenvalue weighted by Crippen LogP contribution is -2.37. The lowest BCUT2D eigenvalue weighted by atomic mass is 10.1. The molecule has 0 aliphatic rings. The Labute approximate surface area is 162 Å². The second kappa shape index (κ2) is 8.57. The molecule has 0 saturated heterocycles. The number of nitrogens with two attached hydrogens (primary N) is 2. The Balaban J connectivity index is 1.70. The molecule has 0 radical (unpaired) electrons. The minimum Gasteiger partial charge on any atom is -0.325 e. The van der Waals surface area contributed by atoms with Gasteiger partial charge in [0.2, 0.25) is 11.1 Å². The number of rotatable bonds is 4. The second-order valence-electron chi connectivity index (χ2n) is 5.93. The molecule has 0 spiro atoms. The highest BCUT2D eigenvalue weighted by Gasteiger charge is 2.15. The van der Waals surface area contributed by atoms with Crippen LogP contribution in [0.4, 0.5) is 11.4 Å². The van der Waals surface area contributed by atoms with E-state index in [0.717, 1.165) is 27.7 Å². The first kappa shape index (κ1) is 18.8.